The van der Waals surface area contributed by atoms with Crippen molar-refractivity contribution < 1.29 is 38.6 Å². The summed E-state index contributed by atoms with van der Waals surface area (Å²) < 4.78 is 16.7. The van der Waals surface area contributed by atoms with Gasteiger partial charge in [-0.1, -0.05) is 5.16 Å². The van der Waals surface area contributed by atoms with E-state index in [1.54, 1.807) is 37.9 Å². The number of Topliss-reactive ketones (excluding diaryl/α,β-unsaturated/α-hetero) is 2. The molecule has 12 heteroatoms. The van der Waals surface area contributed by atoms with Crippen LogP contribution in [0.15, 0.2) is 51.9 Å². The van der Waals surface area contributed by atoms with Gasteiger partial charge in [-0.2, -0.15) is 16.7 Å². The first-order valence-electron chi connectivity index (χ1n) is 13.5. The molecule has 1 aromatic heterocycles. The van der Waals surface area contributed by atoms with Gasteiger partial charge < -0.3 is 29.5 Å². The lowest BCUT2D eigenvalue weighted by molar-refractivity contribution is -0.123. The summed E-state index contributed by atoms with van der Waals surface area (Å²) in [6.45, 7) is 5.81. The van der Waals surface area contributed by atoms with Crippen molar-refractivity contribution in [2.24, 2.45) is 0 Å². The van der Waals surface area contributed by atoms with Crippen molar-refractivity contribution in [3.05, 3.63) is 70.0 Å². The molecule has 0 bridgehead atoms. The first-order valence-corrected chi connectivity index (χ1v) is 14.9. The summed E-state index contributed by atoms with van der Waals surface area (Å²) in [5, 5.41) is 29.0. The monoisotopic (exact) mass is 605 g/mol. The summed E-state index contributed by atoms with van der Waals surface area (Å²) >= 11 is 1.61. The number of hydrogen-bond donors (Lipinski definition) is 3. The highest BCUT2D eigenvalue weighted by Gasteiger charge is 2.56. The molecule has 1 aliphatic carbocycles. The van der Waals surface area contributed by atoms with E-state index in [0.29, 0.717) is 18.0 Å². The average Bonchev–Trinajstić information content (AvgIpc) is 3.58. The van der Waals surface area contributed by atoms with Gasteiger partial charge in [0.05, 0.1) is 18.2 Å². The van der Waals surface area contributed by atoms with E-state index < -0.39 is 34.6 Å². The predicted molar refractivity (Wildman–Crippen MR) is 158 cm³/mol. The first-order chi connectivity index (χ1) is 20.4. The molecule has 2 aliphatic rings. The molecule has 0 saturated carbocycles. The zero-order chi connectivity index (χ0) is 31.2. The van der Waals surface area contributed by atoms with Gasteiger partial charge in [0.1, 0.15) is 45.8 Å². The number of carbonyl (C=O) groups is 3. The molecule has 2 atom stereocenters. The van der Waals surface area contributed by atoms with E-state index in [1.807, 2.05) is 18.4 Å². The summed E-state index contributed by atoms with van der Waals surface area (Å²) in [5.41, 5.74) is -0.858. The molecule has 2 heterocycles. The Bertz CT molecular complexity index is 1720. The zero-order valence-corrected chi connectivity index (χ0v) is 25.3. The maximum Gasteiger partial charge on any atom is 0.249 e. The van der Waals surface area contributed by atoms with Crippen molar-refractivity contribution >= 4 is 29.1 Å². The van der Waals surface area contributed by atoms with Crippen LogP contribution >= 0.6 is 11.8 Å². The molecular formula is C31H31N3O8S. The van der Waals surface area contributed by atoms with Crippen LogP contribution in [-0.2, 0) is 15.0 Å². The number of benzene rings is 2. The highest BCUT2D eigenvalue weighted by Crippen LogP contribution is 2.57. The molecule has 1 unspecified atom stereocenters. The fraction of sp³-hybridized carbons (Fsp3) is 0.323. The number of nitrogens with one attached hydrogen (secondary N) is 1. The molecule has 3 N–H and O–H groups in total. The summed E-state index contributed by atoms with van der Waals surface area (Å²) in [6, 6.07) is 6.67. The summed E-state index contributed by atoms with van der Waals surface area (Å²) in [5.74, 6) is -0.671. The molecule has 11 nitrogen and oxygen atoms in total. The molecule has 224 valence electrons. The van der Waals surface area contributed by atoms with Gasteiger partial charge in [0.15, 0.2) is 17.3 Å². The lowest BCUT2D eigenvalue weighted by Gasteiger charge is -2.29. The Hall–Kier alpha value is -4.58. The van der Waals surface area contributed by atoms with Gasteiger partial charge in [0.2, 0.25) is 11.7 Å². The fourth-order valence-electron chi connectivity index (χ4n) is 5.42. The van der Waals surface area contributed by atoms with E-state index >= 15 is 0 Å². The second kappa shape index (κ2) is 11.3. The van der Waals surface area contributed by atoms with E-state index in [2.05, 4.69) is 15.5 Å². The van der Waals surface area contributed by atoms with Crippen LogP contribution < -0.4 is 14.8 Å². The quantitative estimate of drug-likeness (QED) is 0.175. The second-order valence-electron chi connectivity index (χ2n) is 10.5. The van der Waals surface area contributed by atoms with Gasteiger partial charge in [0.25, 0.3) is 0 Å². The van der Waals surface area contributed by atoms with E-state index in [4.69, 9.17) is 14.0 Å². The highest BCUT2D eigenvalue weighted by atomic mass is 32.2. The molecule has 0 radical (unpaired) electrons. The number of ketones is 3. The summed E-state index contributed by atoms with van der Waals surface area (Å²) in [4.78, 5) is 44.6. The number of aromatic nitrogens is 2. The maximum atomic E-state index is 14.2. The number of thioether (sulfide) groups is 1. The molecule has 0 fully saturated rings. The third kappa shape index (κ3) is 4.85. The Morgan fingerprint density at radius 1 is 1.16 bits per heavy atom. The van der Waals surface area contributed by atoms with Crippen LogP contribution in [0.4, 0.5) is 0 Å². The minimum absolute atomic E-state index is 0.0290. The molecular weight excluding hydrogens is 574 g/mol. The highest BCUT2D eigenvalue weighted by molar-refractivity contribution is 7.98. The molecule has 1 aliphatic heterocycles. The van der Waals surface area contributed by atoms with Crippen molar-refractivity contribution in [1.82, 2.24) is 15.5 Å². The summed E-state index contributed by atoms with van der Waals surface area (Å²) in [7, 11) is 1.58. The Labute approximate surface area is 252 Å². The number of hydrogen-bond acceptors (Lipinski definition) is 12. The van der Waals surface area contributed by atoms with Gasteiger partial charge in [-0.25, -0.2) is 0 Å². The van der Waals surface area contributed by atoms with Crippen molar-refractivity contribution in [3.8, 4) is 34.4 Å². The number of allylic oxidation sites excluding steroid dienone is 4. The van der Waals surface area contributed by atoms with Gasteiger partial charge in [-0.05, 0) is 70.4 Å². The third-order valence-corrected chi connectivity index (χ3v) is 8.49. The maximum absolute atomic E-state index is 14.2. The van der Waals surface area contributed by atoms with Crippen LogP contribution in [0.25, 0.3) is 11.4 Å². The van der Waals surface area contributed by atoms with Crippen LogP contribution in [-0.4, -0.2) is 56.8 Å². The molecule has 2 aromatic carbocycles. The number of fused-ring (bicyclic) bond motifs is 3. The van der Waals surface area contributed by atoms with E-state index in [-0.39, 0.29) is 51.1 Å². The van der Waals surface area contributed by atoms with Crippen molar-refractivity contribution in [1.29, 1.82) is 0 Å². The molecule has 5 rings (SSSR count). The van der Waals surface area contributed by atoms with Crippen LogP contribution in [0, 0.1) is 6.92 Å². The number of aromatic hydroxyl groups is 2. The number of rotatable bonds is 9. The van der Waals surface area contributed by atoms with Crippen molar-refractivity contribution in [3.63, 3.8) is 0 Å². The zero-order valence-electron chi connectivity index (χ0n) is 24.5. The van der Waals surface area contributed by atoms with Crippen LogP contribution in [0.5, 0.6) is 23.0 Å². The minimum atomic E-state index is -1.62. The largest absolute Gasteiger partial charge is 0.507 e. The minimum Gasteiger partial charge on any atom is -0.507 e. The van der Waals surface area contributed by atoms with Gasteiger partial charge in [-0.3, -0.25) is 14.4 Å². The van der Waals surface area contributed by atoms with Crippen LogP contribution in [0.2, 0.25) is 0 Å². The lowest BCUT2D eigenvalue weighted by Crippen LogP contribution is -2.41. The molecule has 3 aromatic rings. The number of carbonyl (C=O) groups excluding carboxylic acids is 3. The van der Waals surface area contributed by atoms with Gasteiger partial charge in [0, 0.05) is 22.9 Å². The number of phenolic OH excluding ortho intramolecular Hbond substituents is 2. The third-order valence-electron chi connectivity index (χ3n) is 7.85. The lowest BCUT2D eigenvalue weighted by atomic mass is 9.70. The van der Waals surface area contributed by atoms with Gasteiger partial charge >= 0.3 is 0 Å². The second-order valence-corrected chi connectivity index (χ2v) is 11.5. The Balaban J connectivity index is 1.54. The predicted octanol–water partition coefficient (Wildman–Crippen LogP) is 4.71. The van der Waals surface area contributed by atoms with Gasteiger partial charge in [-0.15, -0.1) is 0 Å². The molecule has 0 saturated heterocycles. The smallest absolute Gasteiger partial charge is 0.249 e. The molecule has 43 heavy (non-hydrogen) atoms. The Morgan fingerprint density at radius 3 is 2.49 bits per heavy atom. The SMILES string of the molecule is COc1ccc(-c2noc(C(CCSC)N/C(C)=C3\C(=O)C=C4Oc5c(C(C)=O)c(O)c(C)c(O)c5[C@@]4(C)C3=O)n2)cc1. The van der Waals surface area contributed by atoms with E-state index in [1.165, 1.54) is 26.8 Å². The van der Waals surface area contributed by atoms with Crippen LogP contribution in [0.3, 0.4) is 0 Å². The topological polar surface area (TPSA) is 161 Å². The molecule has 0 amide bonds. The van der Waals surface area contributed by atoms with Crippen LogP contribution in [0.1, 0.15) is 60.6 Å². The number of phenols is 2. The van der Waals surface area contributed by atoms with Crippen molar-refractivity contribution in [2.45, 2.75) is 45.6 Å². The Kier molecular flexibility index (Phi) is 7.82. The number of nitrogens with zero attached hydrogens (tertiary/aromatic N) is 2. The number of ether oxygens (including phenoxy) is 2. The Morgan fingerprint density at radius 2 is 1.86 bits per heavy atom. The summed E-state index contributed by atoms with van der Waals surface area (Å²) in [6.07, 6.45) is 3.69. The fourth-order valence-corrected chi connectivity index (χ4v) is 5.89. The van der Waals surface area contributed by atoms with Crippen molar-refractivity contribution in [2.75, 3.05) is 19.1 Å². The van der Waals surface area contributed by atoms with E-state index in [0.717, 1.165) is 11.3 Å². The standard InChI is InChI=1S/C31H31N3O8S/c1-14-25(37)23(16(3)35)27-24(26(14)38)31(4)21(41-27)13-20(36)22(28(31)39)15(2)32-19(11-12-43-6)30-33-29(34-42-30)17-7-9-18(40-5)10-8-17/h7-10,13,19,32,37-38H,11-12H2,1-6H3/b22-15+/t19?,31-/m0/s1. The first kappa shape index (κ1) is 29.9. The molecule has 0 spiro atoms. The van der Waals surface area contributed by atoms with E-state index in [9.17, 15) is 24.6 Å². The normalized spacial score (nSPS) is 19.3. The number of methoxy groups -OCH3 is 1. The average molecular weight is 606 g/mol.